The smallest absolute Gasteiger partial charge is 0.319 e. The predicted molar refractivity (Wildman–Crippen MR) is 121 cm³/mol. The van der Waals surface area contributed by atoms with Gasteiger partial charge in [0.05, 0.1) is 37.7 Å². The molecule has 1 aromatic carbocycles. The summed E-state index contributed by atoms with van der Waals surface area (Å²) in [6.07, 6.45) is 6.91. The van der Waals surface area contributed by atoms with Crippen molar-refractivity contribution < 1.29 is 24.5 Å². The Labute approximate surface area is 193 Å². The molecule has 1 aromatic heterocycles. The number of benzene rings is 1. The first-order valence-electron chi connectivity index (χ1n) is 11.6. The lowest BCUT2D eigenvalue weighted by Crippen LogP contribution is -2.52. The van der Waals surface area contributed by atoms with Gasteiger partial charge in [0.2, 0.25) is 0 Å². The van der Waals surface area contributed by atoms with E-state index in [0.29, 0.717) is 36.5 Å². The number of hydrogen-bond acceptors (Lipinski definition) is 7. The van der Waals surface area contributed by atoms with Crippen LogP contribution in [-0.4, -0.2) is 63.2 Å². The van der Waals surface area contributed by atoms with Gasteiger partial charge in [-0.1, -0.05) is 30.2 Å². The van der Waals surface area contributed by atoms with Gasteiger partial charge in [0.1, 0.15) is 23.1 Å². The van der Waals surface area contributed by atoms with Crippen LogP contribution < -0.4 is 15.4 Å². The Balaban J connectivity index is 1.26. The second-order valence-electron chi connectivity index (χ2n) is 8.86. The molecule has 1 aliphatic heterocycles. The van der Waals surface area contributed by atoms with Crippen molar-refractivity contribution in [3.05, 3.63) is 36.2 Å². The number of urea groups is 1. The first-order chi connectivity index (χ1) is 16.0. The summed E-state index contributed by atoms with van der Waals surface area (Å²) < 4.78 is 13.1. The molecule has 0 spiro atoms. The van der Waals surface area contributed by atoms with E-state index >= 15 is 0 Å². The monoisotopic (exact) mass is 459 g/mol. The van der Waals surface area contributed by atoms with Crippen LogP contribution in [0.3, 0.4) is 0 Å². The van der Waals surface area contributed by atoms with E-state index in [1.807, 2.05) is 18.3 Å². The van der Waals surface area contributed by atoms with Crippen molar-refractivity contribution in [2.75, 3.05) is 19.0 Å². The molecule has 0 bridgehead atoms. The molecular weight excluding hydrogens is 426 g/mol. The maximum atomic E-state index is 12.5. The SMILES string of the molecule is COc1ccccc1NC(=O)N[C@H]1CC[C@@H](CCn2cc(C3(O)CCCC3)nn2)O[C@H]1CO. The van der Waals surface area contributed by atoms with Crippen LogP contribution in [0.1, 0.15) is 50.6 Å². The number of nitrogens with zero attached hydrogens (tertiary/aromatic N) is 3. The molecule has 2 aromatic rings. The van der Waals surface area contributed by atoms with Crippen LogP contribution in [0.2, 0.25) is 0 Å². The van der Waals surface area contributed by atoms with Gasteiger partial charge in [-0.3, -0.25) is 4.68 Å². The van der Waals surface area contributed by atoms with Crippen LogP contribution in [0.5, 0.6) is 5.75 Å². The van der Waals surface area contributed by atoms with E-state index in [9.17, 15) is 15.0 Å². The third-order valence-electron chi connectivity index (χ3n) is 6.59. The van der Waals surface area contributed by atoms with E-state index < -0.39 is 11.7 Å². The van der Waals surface area contributed by atoms with E-state index in [0.717, 1.165) is 32.1 Å². The average Bonchev–Trinajstić information content (AvgIpc) is 3.49. The summed E-state index contributed by atoms with van der Waals surface area (Å²) in [6, 6.07) is 6.51. The maximum Gasteiger partial charge on any atom is 0.319 e. The quantitative estimate of drug-likeness (QED) is 0.476. The third kappa shape index (κ3) is 5.63. The van der Waals surface area contributed by atoms with Crippen molar-refractivity contribution in [1.82, 2.24) is 20.3 Å². The summed E-state index contributed by atoms with van der Waals surface area (Å²) in [5.74, 6) is 0.572. The van der Waals surface area contributed by atoms with E-state index in [4.69, 9.17) is 9.47 Å². The minimum atomic E-state index is -0.842. The van der Waals surface area contributed by atoms with Gasteiger partial charge >= 0.3 is 6.03 Å². The topological polar surface area (TPSA) is 131 Å². The molecule has 180 valence electrons. The van der Waals surface area contributed by atoms with Gasteiger partial charge in [0.15, 0.2) is 0 Å². The highest BCUT2D eigenvalue weighted by atomic mass is 16.5. The number of rotatable bonds is 8. The summed E-state index contributed by atoms with van der Waals surface area (Å²) in [5.41, 5.74) is 0.371. The molecule has 10 nitrogen and oxygen atoms in total. The average molecular weight is 460 g/mol. The van der Waals surface area contributed by atoms with E-state index in [2.05, 4.69) is 20.9 Å². The van der Waals surface area contributed by atoms with E-state index in [1.165, 1.54) is 0 Å². The zero-order valence-electron chi connectivity index (χ0n) is 18.9. The van der Waals surface area contributed by atoms with Crippen molar-refractivity contribution in [3.8, 4) is 5.75 Å². The van der Waals surface area contributed by atoms with Gasteiger partial charge in [-0.2, -0.15) is 0 Å². The number of aliphatic hydroxyl groups is 2. The molecule has 2 amide bonds. The Morgan fingerprint density at radius 1 is 1.30 bits per heavy atom. The van der Waals surface area contributed by atoms with Gasteiger partial charge < -0.3 is 30.3 Å². The maximum absolute atomic E-state index is 12.5. The van der Waals surface area contributed by atoms with Crippen LogP contribution >= 0.6 is 0 Å². The van der Waals surface area contributed by atoms with Gasteiger partial charge in [-0.15, -0.1) is 5.10 Å². The van der Waals surface area contributed by atoms with Crippen molar-refractivity contribution in [3.63, 3.8) is 0 Å². The fraction of sp³-hybridized carbons (Fsp3) is 0.609. The number of carbonyl (C=O) groups is 1. The van der Waals surface area contributed by atoms with E-state index in [1.54, 1.807) is 23.9 Å². The molecule has 0 radical (unpaired) electrons. The van der Waals surface area contributed by atoms with Crippen molar-refractivity contribution >= 4 is 11.7 Å². The Hall–Kier alpha value is -2.69. The number of nitrogens with one attached hydrogen (secondary N) is 2. The third-order valence-corrected chi connectivity index (χ3v) is 6.59. The van der Waals surface area contributed by atoms with Crippen molar-refractivity contribution in [2.24, 2.45) is 0 Å². The molecular formula is C23H33N5O5. The van der Waals surface area contributed by atoms with Crippen molar-refractivity contribution in [1.29, 1.82) is 0 Å². The first kappa shape index (κ1) is 23.5. The highest BCUT2D eigenvalue weighted by molar-refractivity contribution is 5.91. The number of aromatic nitrogens is 3. The molecule has 2 aliphatic rings. The Kier molecular flexibility index (Phi) is 7.46. The fourth-order valence-corrected chi connectivity index (χ4v) is 4.70. The van der Waals surface area contributed by atoms with Crippen molar-refractivity contribution in [2.45, 2.75) is 75.3 Å². The molecule has 1 saturated carbocycles. The molecule has 0 unspecified atom stereocenters. The second-order valence-corrected chi connectivity index (χ2v) is 8.86. The molecule has 4 N–H and O–H groups in total. The highest BCUT2D eigenvalue weighted by Crippen LogP contribution is 2.37. The predicted octanol–water partition coefficient (Wildman–Crippen LogP) is 2.17. The number of para-hydroxylation sites is 2. The summed E-state index contributed by atoms with van der Waals surface area (Å²) in [5, 5.41) is 34.5. The molecule has 10 heteroatoms. The number of aryl methyl sites for hydroxylation is 1. The van der Waals surface area contributed by atoms with Crippen LogP contribution in [0, 0.1) is 0 Å². The second kappa shape index (κ2) is 10.5. The summed E-state index contributed by atoms with van der Waals surface area (Å²) >= 11 is 0. The molecule has 33 heavy (non-hydrogen) atoms. The Bertz CT molecular complexity index is 929. The molecule has 3 atom stereocenters. The first-order valence-corrected chi connectivity index (χ1v) is 11.6. The molecule has 4 rings (SSSR count). The lowest BCUT2D eigenvalue weighted by molar-refractivity contribution is -0.0905. The van der Waals surface area contributed by atoms with Crippen LogP contribution in [0.4, 0.5) is 10.5 Å². The lowest BCUT2D eigenvalue weighted by Gasteiger charge is -2.36. The lowest BCUT2D eigenvalue weighted by atomic mass is 9.97. The summed E-state index contributed by atoms with van der Waals surface area (Å²) in [7, 11) is 1.55. The number of hydrogen-bond donors (Lipinski definition) is 4. The van der Waals surface area contributed by atoms with E-state index in [-0.39, 0.29) is 24.8 Å². The fourth-order valence-electron chi connectivity index (χ4n) is 4.70. The zero-order chi connectivity index (χ0) is 23.3. The number of amides is 2. The molecule has 2 fully saturated rings. The number of ether oxygens (including phenoxy) is 2. The Morgan fingerprint density at radius 3 is 2.85 bits per heavy atom. The zero-order valence-corrected chi connectivity index (χ0v) is 18.9. The number of anilines is 1. The molecule has 2 heterocycles. The molecule has 1 saturated heterocycles. The summed E-state index contributed by atoms with van der Waals surface area (Å²) in [4.78, 5) is 12.5. The number of aliphatic hydroxyl groups excluding tert-OH is 1. The van der Waals surface area contributed by atoms with Gasteiger partial charge in [0.25, 0.3) is 0 Å². The number of carbonyl (C=O) groups excluding carboxylic acids is 1. The normalized spacial score (nSPS) is 24.4. The minimum absolute atomic E-state index is 0.0558. The summed E-state index contributed by atoms with van der Waals surface area (Å²) in [6.45, 7) is 0.425. The Morgan fingerprint density at radius 2 is 2.09 bits per heavy atom. The highest BCUT2D eigenvalue weighted by Gasteiger charge is 2.36. The van der Waals surface area contributed by atoms with Crippen LogP contribution in [0.25, 0.3) is 0 Å². The number of methoxy groups -OCH3 is 1. The van der Waals surface area contributed by atoms with Gasteiger partial charge in [0, 0.05) is 6.54 Å². The van der Waals surface area contributed by atoms with Gasteiger partial charge in [-0.25, -0.2) is 4.79 Å². The largest absolute Gasteiger partial charge is 0.495 e. The standard InChI is InChI=1S/C23H33N5O5/c1-32-19-7-3-2-6-17(19)24-22(30)25-18-9-8-16(33-20(18)15-29)10-13-28-14-21(26-27-28)23(31)11-4-5-12-23/h2-3,6-7,14,16,18,20,29,31H,4-5,8-13,15H2,1H3,(H2,24,25,30)/t16-,18-,20-/m0/s1. The van der Waals surface area contributed by atoms with Crippen LogP contribution in [0.15, 0.2) is 30.5 Å². The van der Waals surface area contributed by atoms with Crippen LogP contribution in [-0.2, 0) is 16.9 Å². The molecule has 1 aliphatic carbocycles. The minimum Gasteiger partial charge on any atom is -0.495 e. The van der Waals surface area contributed by atoms with Gasteiger partial charge in [-0.05, 0) is 44.2 Å².